The Labute approximate surface area is 133 Å². The summed E-state index contributed by atoms with van der Waals surface area (Å²) in [6, 6.07) is 15.4. The topological polar surface area (TPSA) is 43.3 Å². The molecule has 0 atom stereocenters. The van der Waals surface area contributed by atoms with Crippen LogP contribution in [0.1, 0.15) is 9.67 Å². The highest BCUT2D eigenvalue weighted by Gasteiger charge is 2.13. The van der Waals surface area contributed by atoms with Gasteiger partial charge in [-0.2, -0.15) is 0 Å². The van der Waals surface area contributed by atoms with Crippen LogP contribution in [-0.4, -0.2) is 23.6 Å². The Kier molecular flexibility index (Phi) is 4.56. The zero-order chi connectivity index (χ0) is 15.2. The number of hydrogen-bond acceptors (Lipinski definition) is 3. The van der Waals surface area contributed by atoms with E-state index in [1.807, 2.05) is 70.9 Å². The van der Waals surface area contributed by atoms with Gasteiger partial charge in [-0.3, -0.25) is 4.79 Å². The first kappa shape index (κ1) is 14.4. The summed E-state index contributed by atoms with van der Waals surface area (Å²) in [5, 5.41) is 4.81. The summed E-state index contributed by atoms with van der Waals surface area (Å²) in [6.45, 7) is 0.913. The lowest BCUT2D eigenvalue weighted by Gasteiger charge is -2.08. The molecule has 0 unspecified atom stereocenters. The summed E-state index contributed by atoms with van der Waals surface area (Å²) in [4.78, 5) is 13.0. The molecule has 0 aliphatic rings. The van der Waals surface area contributed by atoms with Crippen molar-refractivity contribution in [3.63, 3.8) is 0 Å². The summed E-state index contributed by atoms with van der Waals surface area (Å²) in [7, 11) is 0. The minimum absolute atomic E-state index is 0.0737. The number of ether oxygens (including phenoxy) is 1. The molecule has 0 saturated heterocycles. The smallest absolute Gasteiger partial charge is 0.263 e. The van der Waals surface area contributed by atoms with Gasteiger partial charge >= 0.3 is 0 Å². The lowest BCUT2D eigenvalue weighted by atomic mass is 10.3. The van der Waals surface area contributed by atoms with E-state index in [9.17, 15) is 4.79 Å². The molecule has 3 rings (SSSR count). The summed E-state index contributed by atoms with van der Waals surface area (Å²) in [5.41, 5.74) is 0.900. The molecular weight excluding hydrogens is 296 g/mol. The third-order valence-electron chi connectivity index (χ3n) is 3.13. The maximum Gasteiger partial charge on any atom is 0.263 e. The molecule has 0 aliphatic heterocycles. The molecule has 0 radical (unpaired) electrons. The van der Waals surface area contributed by atoms with Gasteiger partial charge < -0.3 is 14.6 Å². The molecule has 0 spiro atoms. The van der Waals surface area contributed by atoms with Gasteiger partial charge in [0.05, 0.1) is 12.2 Å². The van der Waals surface area contributed by atoms with Crippen LogP contribution < -0.4 is 10.1 Å². The molecule has 1 amide bonds. The van der Waals surface area contributed by atoms with Gasteiger partial charge in [-0.15, -0.1) is 11.3 Å². The number of nitrogens with zero attached hydrogens (tertiary/aromatic N) is 1. The summed E-state index contributed by atoms with van der Waals surface area (Å²) in [6.07, 6.45) is 3.86. The van der Waals surface area contributed by atoms with Crippen molar-refractivity contribution in [1.82, 2.24) is 9.88 Å². The van der Waals surface area contributed by atoms with Crippen molar-refractivity contribution in [2.24, 2.45) is 0 Å². The number of thiophene rings is 1. The number of carbonyl (C=O) groups excluding carboxylic acids is 1. The molecule has 3 aromatic rings. The van der Waals surface area contributed by atoms with Crippen LogP contribution in [0.2, 0.25) is 0 Å². The van der Waals surface area contributed by atoms with Crippen molar-refractivity contribution >= 4 is 17.2 Å². The number of aromatic nitrogens is 1. The van der Waals surface area contributed by atoms with Gasteiger partial charge in [0.2, 0.25) is 0 Å². The average molecular weight is 312 g/mol. The Morgan fingerprint density at radius 2 is 1.86 bits per heavy atom. The predicted octanol–water partition coefficient (Wildman–Crippen LogP) is 3.35. The Hall–Kier alpha value is -2.53. The van der Waals surface area contributed by atoms with Gasteiger partial charge in [-0.1, -0.05) is 18.2 Å². The Morgan fingerprint density at radius 1 is 1.09 bits per heavy atom. The van der Waals surface area contributed by atoms with E-state index in [0.717, 1.165) is 11.4 Å². The third kappa shape index (κ3) is 3.38. The largest absolute Gasteiger partial charge is 0.492 e. The number of rotatable bonds is 6. The van der Waals surface area contributed by atoms with Crippen molar-refractivity contribution in [1.29, 1.82) is 0 Å². The van der Waals surface area contributed by atoms with E-state index in [0.29, 0.717) is 18.0 Å². The molecule has 0 saturated carbocycles. The fourth-order valence-electron chi connectivity index (χ4n) is 2.10. The Bertz CT molecular complexity index is 720. The molecule has 2 aromatic heterocycles. The highest BCUT2D eigenvalue weighted by atomic mass is 32.1. The van der Waals surface area contributed by atoms with E-state index in [2.05, 4.69) is 5.32 Å². The van der Waals surface area contributed by atoms with Crippen molar-refractivity contribution < 1.29 is 9.53 Å². The first-order valence-corrected chi connectivity index (χ1v) is 7.89. The maximum atomic E-state index is 12.3. The zero-order valence-corrected chi connectivity index (χ0v) is 12.8. The minimum Gasteiger partial charge on any atom is -0.492 e. The molecule has 4 nitrogen and oxygen atoms in total. The molecule has 0 fully saturated rings. The van der Waals surface area contributed by atoms with Crippen molar-refractivity contribution in [3.8, 4) is 11.4 Å². The van der Waals surface area contributed by atoms with Crippen LogP contribution in [0.3, 0.4) is 0 Å². The van der Waals surface area contributed by atoms with E-state index in [1.54, 1.807) is 0 Å². The molecule has 0 aliphatic carbocycles. The molecule has 5 heteroatoms. The maximum absolute atomic E-state index is 12.3. The van der Waals surface area contributed by atoms with Crippen LogP contribution in [0.25, 0.3) is 5.69 Å². The van der Waals surface area contributed by atoms with Crippen LogP contribution in [0, 0.1) is 0 Å². The standard InChI is InChI=1S/C17H16N2O2S/c20-17(18-9-12-21-14-6-2-1-3-7-14)16-15(8-13-22-16)19-10-4-5-11-19/h1-8,10-11,13H,9,12H2,(H,18,20). The third-order valence-corrected chi connectivity index (χ3v) is 4.04. The summed E-state index contributed by atoms with van der Waals surface area (Å²) in [5.74, 6) is 0.733. The van der Waals surface area contributed by atoms with E-state index < -0.39 is 0 Å². The number of carbonyl (C=O) groups is 1. The van der Waals surface area contributed by atoms with Gasteiger partial charge in [0.1, 0.15) is 17.2 Å². The van der Waals surface area contributed by atoms with Gasteiger partial charge in [0, 0.05) is 12.4 Å². The lowest BCUT2D eigenvalue weighted by molar-refractivity contribution is 0.0951. The predicted molar refractivity (Wildman–Crippen MR) is 87.9 cm³/mol. The van der Waals surface area contributed by atoms with Gasteiger partial charge in [-0.05, 0) is 35.7 Å². The second-order valence-corrected chi connectivity index (χ2v) is 5.56. The number of amides is 1. The fraction of sp³-hybridized carbons (Fsp3) is 0.118. The number of benzene rings is 1. The fourth-order valence-corrected chi connectivity index (χ4v) is 2.91. The molecular formula is C17H16N2O2S. The van der Waals surface area contributed by atoms with Crippen molar-refractivity contribution in [3.05, 3.63) is 71.2 Å². The summed E-state index contributed by atoms with van der Waals surface area (Å²) < 4.78 is 7.50. The van der Waals surface area contributed by atoms with Crippen LogP contribution >= 0.6 is 11.3 Å². The Morgan fingerprint density at radius 3 is 2.64 bits per heavy atom. The number of hydrogen-bond donors (Lipinski definition) is 1. The molecule has 112 valence electrons. The monoisotopic (exact) mass is 312 g/mol. The second-order valence-electron chi connectivity index (χ2n) is 4.64. The Balaban J connectivity index is 1.54. The average Bonchev–Trinajstić information content (AvgIpc) is 3.22. The number of nitrogens with one attached hydrogen (secondary N) is 1. The second kappa shape index (κ2) is 6.95. The quantitative estimate of drug-likeness (QED) is 0.709. The van der Waals surface area contributed by atoms with E-state index >= 15 is 0 Å². The van der Waals surface area contributed by atoms with Crippen LogP contribution in [0.15, 0.2) is 66.3 Å². The van der Waals surface area contributed by atoms with Gasteiger partial charge in [0.25, 0.3) is 5.91 Å². The molecule has 2 heterocycles. The van der Waals surface area contributed by atoms with Crippen molar-refractivity contribution in [2.45, 2.75) is 0 Å². The lowest BCUT2D eigenvalue weighted by Crippen LogP contribution is -2.28. The van der Waals surface area contributed by atoms with Gasteiger partial charge in [-0.25, -0.2) is 0 Å². The van der Waals surface area contributed by atoms with E-state index in [4.69, 9.17) is 4.74 Å². The van der Waals surface area contributed by atoms with Crippen LogP contribution in [-0.2, 0) is 0 Å². The number of para-hydroxylation sites is 1. The van der Waals surface area contributed by atoms with E-state index in [-0.39, 0.29) is 5.91 Å². The van der Waals surface area contributed by atoms with E-state index in [1.165, 1.54) is 11.3 Å². The molecule has 1 aromatic carbocycles. The first-order valence-electron chi connectivity index (χ1n) is 7.01. The first-order chi connectivity index (χ1) is 10.8. The SMILES string of the molecule is O=C(NCCOc1ccccc1)c1sccc1-n1cccc1. The normalized spacial score (nSPS) is 10.4. The molecule has 22 heavy (non-hydrogen) atoms. The van der Waals surface area contributed by atoms with Gasteiger partial charge in [0.15, 0.2) is 0 Å². The zero-order valence-electron chi connectivity index (χ0n) is 11.9. The van der Waals surface area contributed by atoms with Crippen LogP contribution in [0.4, 0.5) is 0 Å². The molecule has 0 bridgehead atoms. The minimum atomic E-state index is -0.0737. The highest BCUT2D eigenvalue weighted by molar-refractivity contribution is 7.12. The summed E-state index contributed by atoms with van der Waals surface area (Å²) >= 11 is 1.44. The van der Waals surface area contributed by atoms with Crippen LogP contribution in [0.5, 0.6) is 5.75 Å². The van der Waals surface area contributed by atoms with Crippen molar-refractivity contribution in [2.75, 3.05) is 13.2 Å². The molecule has 1 N–H and O–H groups in total. The highest BCUT2D eigenvalue weighted by Crippen LogP contribution is 2.21.